The third-order valence-electron chi connectivity index (χ3n) is 3.86. The van der Waals surface area contributed by atoms with Crippen molar-refractivity contribution in [3.63, 3.8) is 0 Å². The number of nitrogens with zero attached hydrogens (tertiary/aromatic N) is 1. The van der Waals surface area contributed by atoms with E-state index in [9.17, 15) is 0 Å². The van der Waals surface area contributed by atoms with Crippen LogP contribution in [0.1, 0.15) is 56.2 Å². The van der Waals surface area contributed by atoms with Gasteiger partial charge in [-0.1, -0.05) is 5.16 Å². The minimum atomic E-state index is 0.299. The highest BCUT2D eigenvalue weighted by Gasteiger charge is 2.21. The van der Waals surface area contributed by atoms with Crippen LogP contribution in [0, 0.1) is 13.8 Å². The van der Waals surface area contributed by atoms with Gasteiger partial charge >= 0.3 is 0 Å². The lowest BCUT2D eigenvalue weighted by atomic mass is 10.0. The Morgan fingerprint density at radius 2 is 2.22 bits per heavy atom. The van der Waals surface area contributed by atoms with Crippen molar-refractivity contribution in [1.82, 2.24) is 15.8 Å². The standard InChI is InChI=1S/C14H25N3O/c1-9(8-13-6-5-7-15-13)16-10(2)14-11(3)17-18-12(14)4/h9-10,13,15-16H,5-8H2,1-4H3. The van der Waals surface area contributed by atoms with Crippen molar-refractivity contribution >= 4 is 0 Å². The van der Waals surface area contributed by atoms with Gasteiger partial charge in [-0.25, -0.2) is 0 Å². The minimum Gasteiger partial charge on any atom is -0.361 e. The van der Waals surface area contributed by atoms with Gasteiger partial charge in [0.15, 0.2) is 0 Å². The fraction of sp³-hybridized carbons (Fsp3) is 0.786. The van der Waals surface area contributed by atoms with Crippen molar-refractivity contribution in [3.05, 3.63) is 17.0 Å². The molecule has 1 aliphatic heterocycles. The molecule has 3 unspecified atom stereocenters. The third kappa shape index (κ3) is 3.12. The molecule has 102 valence electrons. The molecule has 0 aromatic carbocycles. The zero-order chi connectivity index (χ0) is 13.1. The molecule has 0 aliphatic carbocycles. The second-order valence-electron chi connectivity index (χ2n) is 5.56. The summed E-state index contributed by atoms with van der Waals surface area (Å²) in [5.74, 6) is 0.929. The molecule has 0 radical (unpaired) electrons. The molecule has 2 heterocycles. The van der Waals surface area contributed by atoms with E-state index < -0.39 is 0 Å². The predicted octanol–water partition coefficient (Wildman–Crippen LogP) is 2.47. The molecule has 1 fully saturated rings. The molecule has 0 saturated carbocycles. The second kappa shape index (κ2) is 5.85. The summed E-state index contributed by atoms with van der Waals surface area (Å²) < 4.78 is 5.23. The van der Waals surface area contributed by atoms with E-state index in [1.54, 1.807) is 0 Å². The molecule has 1 aromatic heterocycles. The average Bonchev–Trinajstić information content (AvgIpc) is 2.89. The van der Waals surface area contributed by atoms with Gasteiger partial charge in [-0.2, -0.15) is 0 Å². The first-order chi connectivity index (χ1) is 8.58. The summed E-state index contributed by atoms with van der Waals surface area (Å²) >= 11 is 0. The number of aromatic nitrogens is 1. The van der Waals surface area contributed by atoms with Crippen LogP contribution in [0.3, 0.4) is 0 Å². The molecule has 0 spiro atoms. The highest BCUT2D eigenvalue weighted by Crippen LogP contribution is 2.22. The largest absolute Gasteiger partial charge is 0.361 e. The lowest BCUT2D eigenvalue weighted by Gasteiger charge is -2.22. The van der Waals surface area contributed by atoms with Gasteiger partial charge in [0, 0.05) is 23.7 Å². The molecule has 0 bridgehead atoms. The van der Waals surface area contributed by atoms with Crippen molar-refractivity contribution < 1.29 is 4.52 Å². The fourth-order valence-corrected chi connectivity index (χ4v) is 3.07. The fourth-order valence-electron chi connectivity index (χ4n) is 3.07. The summed E-state index contributed by atoms with van der Waals surface area (Å²) in [5, 5.41) is 11.2. The van der Waals surface area contributed by atoms with E-state index >= 15 is 0 Å². The van der Waals surface area contributed by atoms with Crippen LogP contribution in [0.2, 0.25) is 0 Å². The molecule has 1 aliphatic rings. The van der Waals surface area contributed by atoms with Gasteiger partial charge in [0.05, 0.1) is 5.69 Å². The van der Waals surface area contributed by atoms with Crippen LogP contribution in [0.15, 0.2) is 4.52 Å². The van der Waals surface area contributed by atoms with Gasteiger partial charge in [-0.15, -0.1) is 0 Å². The maximum Gasteiger partial charge on any atom is 0.138 e. The molecular weight excluding hydrogens is 226 g/mol. The zero-order valence-electron chi connectivity index (χ0n) is 11.9. The Hall–Kier alpha value is -0.870. The quantitative estimate of drug-likeness (QED) is 0.844. The van der Waals surface area contributed by atoms with Crippen molar-refractivity contribution in [2.45, 2.75) is 65.1 Å². The summed E-state index contributed by atoms with van der Waals surface area (Å²) in [6, 6.07) is 1.49. The first-order valence-corrected chi connectivity index (χ1v) is 7.00. The molecule has 2 rings (SSSR count). The lowest BCUT2D eigenvalue weighted by Crippen LogP contribution is -2.35. The number of rotatable bonds is 5. The average molecular weight is 251 g/mol. The van der Waals surface area contributed by atoms with E-state index in [1.807, 2.05) is 13.8 Å². The number of nitrogens with one attached hydrogen (secondary N) is 2. The molecule has 2 N–H and O–H groups in total. The van der Waals surface area contributed by atoms with Crippen molar-refractivity contribution in [3.8, 4) is 0 Å². The van der Waals surface area contributed by atoms with Crippen LogP contribution in [0.5, 0.6) is 0 Å². The SMILES string of the molecule is Cc1noc(C)c1C(C)NC(C)CC1CCCN1. The Labute approximate surface area is 110 Å². The predicted molar refractivity (Wildman–Crippen MR) is 72.6 cm³/mol. The van der Waals surface area contributed by atoms with Crippen LogP contribution < -0.4 is 10.6 Å². The zero-order valence-corrected chi connectivity index (χ0v) is 11.9. The smallest absolute Gasteiger partial charge is 0.138 e. The van der Waals surface area contributed by atoms with E-state index in [0.29, 0.717) is 18.1 Å². The van der Waals surface area contributed by atoms with Gasteiger partial charge in [0.1, 0.15) is 5.76 Å². The maximum atomic E-state index is 5.23. The number of hydrogen-bond donors (Lipinski definition) is 2. The molecule has 1 saturated heterocycles. The van der Waals surface area contributed by atoms with E-state index in [0.717, 1.165) is 11.5 Å². The van der Waals surface area contributed by atoms with Crippen molar-refractivity contribution in [1.29, 1.82) is 0 Å². The van der Waals surface area contributed by atoms with Crippen LogP contribution in [0.4, 0.5) is 0 Å². The van der Waals surface area contributed by atoms with E-state index in [4.69, 9.17) is 4.52 Å². The number of hydrogen-bond acceptors (Lipinski definition) is 4. The Kier molecular flexibility index (Phi) is 4.40. The molecule has 18 heavy (non-hydrogen) atoms. The van der Waals surface area contributed by atoms with Crippen LogP contribution in [-0.2, 0) is 0 Å². The molecule has 0 amide bonds. The maximum absolute atomic E-state index is 5.23. The summed E-state index contributed by atoms with van der Waals surface area (Å²) in [6.45, 7) is 9.61. The Morgan fingerprint density at radius 1 is 1.44 bits per heavy atom. The Morgan fingerprint density at radius 3 is 2.78 bits per heavy atom. The topological polar surface area (TPSA) is 50.1 Å². The van der Waals surface area contributed by atoms with E-state index in [2.05, 4.69) is 29.6 Å². The van der Waals surface area contributed by atoms with Crippen LogP contribution >= 0.6 is 0 Å². The van der Waals surface area contributed by atoms with Crippen LogP contribution in [0.25, 0.3) is 0 Å². The Bertz CT molecular complexity index is 363. The normalized spacial score (nSPS) is 23.2. The monoisotopic (exact) mass is 251 g/mol. The summed E-state index contributed by atoms with van der Waals surface area (Å²) in [6.07, 6.45) is 3.82. The van der Waals surface area contributed by atoms with Gasteiger partial charge in [0.25, 0.3) is 0 Å². The Balaban J connectivity index is 1.88. The molecule has 4 nitrogen and oxygen atoms in total. The first kappa shape index (κ1) is 13.6. The first-order valence-electron chi connectivity index (χ1n) is 7.00. The highest BCUT2D eigenvalue weighted by atomic mass is 16.5. The van der Waals surface area contributed by atoms with E-state index in [1.165, 1.54) is 31.4 Å². The number of aryl methyl sites for hydroxylation is 2. The molecule has 4 heteroatoms. The van der Waals surface area contributed by atoms with Crippen LogP contribution in [-0.4, -0.2) is 23.8 Å². The van der Waals surface area contributed by atoms with Crippen molar-refractivity contribution in [2.24, 2.45) is 0 Å². The van der Waals surface area contributed by atoms with Gasteiger partial charge in [-0.05, 0) is 53.5 Å². The van der Waals surface area contributed by atoms with Gasteiger partial charge in [-0.3, -0.25) is 0 Å². The third-order valence-corrected chi connectivity index (χ3v) is 3.86. The van der Waals surface area contributed by atoms with E-state index in [-0.39, 0.29) is 0 Å². The van der Waals surface area contributed by atoms with Crippen molar-refractivity contribution in [2.75, 3.05) is 6.54 Å². The summed E-state index contributed by atoms with van der Waals surface area (Å²) in [7, 11) is 0. The highest BCUT2D eigenvalue weighted by molar-refractivity contribution is 5.24. The molecule has 3 atom stereocenters. The molecular formula is C14H25N3O. The lowest BCUT2D eigenvalue weighted by molar-refractivity contribution is 0.384. The summed E-state index contributed by atoms with van der Waals surface area (Å²) in [4.78, 5) is 0. The van der Waals surface area contributed by atoms with Gasteiger partial charge in [0.2, 0.25) is 0 Å². The van der Waals surface area contributed by atoms with Gasteiger partial charge < -0.3 is 15.2 Å². The second-order valence-corrected chi connectivity index (χ2v) is 5.56. The summed E-state index contributed by atoms with van der Waals surface area (Å²) in [5.41, 5.74) is 2.21. The molecule has 1 aromatic rings. The minimum absolute atomic E-state index is 0.299.